The molecule has 3 aliphatic carbocycles. The fraction of sp³-hybridized carbons (Fsp3) is 0.810. The van der Waals surface area contributed by atoms with Gasteiger partial charge in [0, 0.05) is 18.3 Å². The smallest absolute Gasteiger partial charge is 0.172 e. The number of ether oxygens (including phenoxy) is 3. The first-order chi connectivity index (χ1) is 11.6. The topological polar surface area (TPSA) is 27.7 Å². The predicted octanol–water partition coefficient (Wildman–Crippen LogP) is 4.48. The fourth-order valence-electron chi connectivity index (χ4n) is 6.11. The summed E-state index contributed by atoms with van der Waals surface area (Å²) in [5.41, 5.74) is 1.88. The molecule has 134 valence electrons. The highest BCUT2D eigenvalue weighted by Gasteiger charge is 2.58. The van der Waals surface area contributed by atoms with E-state index in [1.165, 1.54) is 19.3 Å². The number of rotatable bonds is 4. The van der Waals surface area contributed by atoms with E-state index in [0.29, 0.717) is 24.5 Å². The van der Waals surface area contributed by atoms with Gasteiger partial charge < -0.3 is 14.2 Å². The van der Waals surface area contributed by atoms with E-state index < -0.39 is 0 Å². The second-order valence-corrected chi connectivity index (χ2v) is 8.47. The number of hydrogen-bond acceptors (Lipinski definition) is 3. The first-order valence-electron chi connectivity index (χ1n) is 9.81. The summed E-state index contributed by atoms with van der Waals surface area (Å²) in [5.74, 6) is 1.84. The van der Waals surface area contributed by atoms with Crippen LogP contribution in [0.4, 0.5) is 0 Å². The van der Waals surface area contributed by atoms with Crippen LogP contribution in [-0.2, 0) is 14.2 Å². The van der Waals surface area contributed by atoms with Gasteiger partial charge in [-0.05, 0) is 37.0 Å². The van der Waals surface area contributed by atoms with Gasteiger partial charge in [-0.1, -0.05) is 38.0 Å². The van der Waals surface area contributed by atoms with Crippen LogP contribution < -0.4 is 0 Å². The highest BCUT2D eigenvalue weighted by Crippen LogP contribution is 2.61. The minimum absolute atomic E-state index is 0.278. The molecule has 1 heterocycles. The molecule has 0 aromatic rings. The van der Waals surface area contributed by atoms with Crippen molar-refractivity contribution in [2.75, 3.05) is 19.8 Å². The lowest BCUT2D eigenvalue weighted by atomic mass is 9.60. The van der Waals surface area contributed by atoms with Crippen LogP contribution in [0.5, 0.6) is 0 Å². The zero-order valence-corrected chi connectivity index (χ0v) is 15.3. The Morgan fingerprint density at radius 3 is 2.88 bits per heavy atom. The molecule has 0 bridgehead atoms. The van der Waals surface area contributed by atoms with E-state index in [9.17, 15) is 0 Å². The monoisotopic (exact) mass is 332 g/mol. The molecule has 2 saturated carbocycles. The molecule has 0 aromatic carbocycles. The van der Waals surface area contributed by atoms with E-state index in [1.807, 2.05) is 6.08 Å². The van der Waals surface area contributed by atoms with E-state index in [-0.39, 0.29) is 11.2 Å². The van der Waals surface area contributed by atoms with Gasteiger partial charge in [-0.3, -0.25) is 0 Å². The Labute approximate surface area is 146 Å². The van der Waals surface area contributed by atoms with Crippen molar-refractivity contribution in [2.24, 2.45) is 23.2 Å². The molecule has 0 amide bonds. The van der Waals surface area contributed by atoms with Crippen LogP contribution in [0.15, 0.2) is 24.3 Å². The van der Waals surface area contributed by atoms with Gasteiger partial charge in [0.25, 0.3) is 0 Å². The van der Waals surface area contributed by atoms with Crippen LogP contribution in [0, 0.1) is 23.2 Å². The van der Waals surface area contributed by atoms with Gasteiger partial charge in [-0.2, -0.15) is 0 Å². The summed E-state index contributed by atoms with van der Waals surface area (Å²) in [6.45, 7) is 10.8. The van der Waals surface area contributed by atoms with Crippen molar-refractivity contribution in [3.63, 3.8) is 0 Å². The third-order valence-corrected chi connectivity index (χ3v) is 7.29. The molecule has 0 radical (unpaired) electrons. The van der Waals surface area contributed by atoms with Gasteiger partial charge in [0.1, 0.15) is 0 Å². The first-order valence-corrected chi connectivity index (χ1v) is 9.81. The van der Waals surface area contributed by atoms with Gasteiger partial charge in [-0.25, -0.2) is 0 Å². The molecule has 5 atom stereocenters. The Hall–Kier alpha value is -0.640. The Balaban J connectivity index is 1.58. The molecule has 3 nitrogen and oxygen atoms in total. The molecule has 1 saturated heterocycles. The molecular weight excluding hydrogens is 300 g/mol. The maximum atomic E-state index is 6.30. The van der Waals surface area contributed by atoms with Crippen molar-refractivity contribution in [1.29, 1.82) is 0 Å². The van der Waals surface area contributed by atoms with Crippen molar-refractivity contribution in [3.05, 3.63) is 24.3 Å². The lowest BCUT2D eigenvalue weighted by Crippen LogP contribution is -2.45. The van der Waals surface area contributed by atoms with E-state index in [4.69, 9.17) is 14.2 Å². The maximum Gasteiger partial charge on any atom is 0.172 e. The van der Waals surface area contributed by atoms with Gasteiger partial charge in [0.05, 0.1) is 25.9 Å². The average Bonchev–Trinajstić information content (AvgIpc) is 3.15. The normalized spacial score (nSPS) is 43.3. The highest BCUT2D eigenvalue weighted by atomic mass is 16.7. The van der Waals surface area contributed by atoms with Crippen molar-refractivity contribution < 1.29 is 14.2 Å². The fourth-order valence-corrected chi connectivity index (χ4v) is 6.11. The molecule has 4 unspecified atom stereocenters. The molecular formula is C21H32O3. The Bertz CT molecular complexity index is 519. The highest BCUT2D eigenvalue weighted by molar-refractivity contribution is 5.24. The molecule has 1 aliphatic heterocycles. The quantitative estimate of drug-likeness (QED) is 0.710. The third-order valence-electron chi connectivity index (χ3n) is 7.29. The van der Waals surface area contributed by atoms with E-state index >= 15 is 0 Å². The standard InChI is InChI=1S/C21H32O3/c1-4-10-22-19-15(5-2)13-18-17-7-9-21(23-11-12-24-21)14-16(17)6-8-20(18,19)3/h4,6,15,17-19H,1,5,7-14H2,2-3H3/t15?,17?,18?,19?,20-/m1/s1. The first kappa shape index (κ1) is 16.8. The summed E-state index contributed by atoms with van der Waals surface area (Å²) in [6, 6.07) is 0. The Morgan fingerprint density at radius 1 is 1.38 bits per heavy atom. The minimum Gasteiger partial charge on any atom is -0.373 e. The van der Waals surface area contributed by atoms with Crippen LogP contribution >= 0.6 is 0 Å². The zero-order chi connectivity index (χ0) is 16.8. The van der Waals surface area contributed by atoms with E-state index in [1.54, 1.807) is 5.57 Å². The number of hydrogen-bond donors (Lipinski definition) is 0. The summed E-state index contributed by atoms with van der Waals surface area (Å²) >= 11 is 0. The number of fused-ring (bicyclic) bond motifs is 3. The summed E-state index contributed by atoms with van der Waals surface area (Å²) in [4.78, 5) is 0. The molecule has 0 N–H and O–H groups in total. The molecule has 3 fully saturated rings. The second kappa shape index (κ2) is 6.26. The van der Waals surface area contributed by atoms with Gasteiger partial charge in [-0.15, -0.1) is 6.58 Å². The molecule has 0 aromatic heterocycles. The van der Waals surface area contributed by atoms with Crippen molar-refractivity contribution >= 4 is 0 Å². The molecule has 4 rings (SSSR count). The van der Waals surface area contributed by atoms with Crippen LogP contribution in [0.3, 0.4) is 0 Å². The minimum atomic E-state index is -0.294. The van der Waals surface area contributed by atoms with Gasteiger partial charge in [0.15, 0.2) is 5.79 Å². The molecule has 1 spiro atoms. The van der Waals surface area contributed by atoms with Crippen molar-refractivity contribution in [1.82, 2.24) is 0 Å². The van der Waals surface area contributed by atoms with Crippen LogP contribution in [0.25, 0.3) is 0 Å². The zero-order valence-electron chi connectivity index (χ0n) is 15.3. The summed E-state index contributed by atoms with van der Waals surface area (Å²) < 4.78 is 18.3. The molecule has 4 aliphatic rings. The summed E-state index contributed by atoms with van der Waals surface area (Å²) in [6.07, 6.45) is 11.7. The van der Waals surface area contributed by atoms with E-state index in [2.05, 4.69) is 26.5 Å². The SMILES string of the molecule is C=CCOC1C(CC)CC2C3CCC4(CC3=CC[C@]21C)OCCO4. The van der Waals surface area contributed by atoms with Crippen molar-refractivity contribution in [3.8, 4) is 0 Å². The van der Waals surface area contributed by atoms with Crippen LogP contribution in [-0.4, -0.2) is 31.7 Å². The Kier molecular flexibility index (Phi) is 4.39. The molecule has 24 heavy (non-hydrogen) atoms. The van der Waals surface area contributed by atoms with Crippen LogP contribution in [0.2, 0.25) is 0 Å². The molecule has 3 heteroatoms. The van der Waals surface area contributed by atoms with E-state index in [0.717, 1.165) is 38.4 Å². The van der Waals surface area contributed by atoms with Gasteiger partial charge in [0.2, 0.25) is 0 Å². The van der Waals surface area contributed by atoms with Gasteiger partial charge >= 0.3 is 0 Å². The lowest BCUT2D eigenvalue weighted by molar-refractivity contribution is -0.176. The second-order valence-electron chi connectivity index (χ2n) is 8.47. The Morgan fingerprint density at radius 2 is 2.17 bits per heavy atom. The third kappa shape index (κ3) is 2.51. The predicted molar refractivity (Wildman–Crippen MR) is 94.6 cm³/mol. The maximum absolute atomic E-state index is 6.30. The lowest BCUT2D eigenvalue weighted by Gasteiger charge is -2.48. The number of allylic oxidation sites excluding steroid dienone is 1. The van der Waals surface area contributed by atoms with Crippen LogP contribution in [0.1, 0.15) is 52.4 Å². The summed E-state index contributed by atoms with van der Waals surface area (Å²) in [5, 5.41) is 0. The largest absolute Gasteiger partial charge is 0.373 e. The average molecular weight is 332 g/mol. The van der Waals surface area contributed by atoms with Crippen molar-refractivity contribution in [2.45, 2.75) is 64.3 Å². The summed E-state index contributed by atoms with van der Waals surface area (Å²) in [7, 11) is 0.